The normalized spacial score (nSPS) is 29.4. The third kappa shape index (κ3) is 3.04. The van der Waals surface area contributed by atoms with Crippen molar-refractivity contribution in [2.45, 2.75) is 44.2 Å². The number of carbonyl (C=O) groups excluding carboxylic acids is 1. The molecule has 1 amide bonds. The fourth-order valence-electron chi connectivity index (χ4n) is 3.82. The number of hydrogen-bond acceptors (Lipinski definition) is 4. The van der Waals surface area contributed by atoms with E-state index in [4.69, 9.17) is 4.74 Å². The number of methoxy groups -OCH3 is 1. The summed E-state index contributed by atoms with van der Waals surface area (Å²) in [5.74, 6) is 6.05. The van der Waals surface area contributed by atoms with Gasteiger partial charge in [-0.1, -0.05) is 12.0 Å². The summed E-state index contributed by atoms with van der Waals surface area (Å²) in [5.41, 5.74) is 0.517. The quantitative estimate of drug-likeness (QED) is 0.745. The highest BCUT2D eigenvalue weighted by Gasteiger charge is 2.50. The van der Waals surface area contributed by atoms with Crippen LogP contribution in [0.2, 0.25) is 0 Å². The van der Waals surface area contributed by atoms with Gasteiger partial charge in [0, 0.05) is 24.2 Å². The van der Waals surface area contributed by atoms with Crippen LogP contribution in [0.15, 0.2) is 18.2 Å². The van der Waals surface area contributed by atoms with E-state index in [2.05, 4.69) is 16.8 Å². The summed E-state index contributed by atoms with van der Waals surface area (Å²) in [6.07, 6.45) is 2.83. The van der Waals surface area contributed by atoms with E-state index >= 15 is 0 Å². The van der Waals surface area contributed by atoms with Crippen molar-refractivity contribution in [1.29, 1.82) is 0 Å². The van der Waals surface area contributed by atoms with E-state index in [1.54, 1.807) is 4.90 Å². The van der Waals surface area contributed by atoms with Crippen molar-refractivity contribution in [2.75, 3.05) is 13.7 Å². The number of aliphatic hydroxyl groups is 1. The first-order valence-corrected chi connectivity index (χ1v) is 8.07. The standard InChI is InChI=1S/C18H22N2O3/c1-13-5-3-6-14(19-13)8-11-18(22)10-4-7-16-15(18)9-12-20(16)17(21)23-2/h3,5-6,15-16,22H,4,7,9-10,12H2,1-2H3. The van der Waals surface area contributed by atoms with E-state index in [0.29, 0.717) is 18.7 Å². The Hall–Kier alpha value is -2.06. The molecule has 0 bridgehead atoms. The SMILES string of the molecule is COC(=O)N1CCC2C1CCCC2(O)C#Cc1cccc(C)n1. The van der Waals surface area contributed by atoms with E-state index in [-0.39, 0.29) is 18.1 Å². The molecule has 1 aromatic rings. The van der Waals surface area contributed by atoms with Gasteiger partial charge in [0.1, 0.15) is 11.3 Å². The summed E-state index contributed by atoms with van der Waals surface area (Å²) >= 11 is 0. The summed E-state index contributed by atoms with van der Waals surface area (Å²) in [6, 6.07) is 5.69. The zero-order valence-electron chi connectivity index (χ0n) is 13.6. The Balaban J connectivity index is 1.83. The van der Waals surface area contributed by atoms with E-state index in [1.807, 2.05) is 25.1 Å². The third-order valence-electron chi connectivity index (χ3n) is 4.92. The van der Waals surface area contributed by atoms with Crippen LogP contribution in [0.25, 0.3) is 0 Å². The fourth-order valence-corrected chi connectivity index (χ4v) is 3.82. The molecule has 0 aromatic carbocycles. The monoisotopic (exact) mass is 314 g/mol. The first kappa shape index (κ1) is 15.8. The number of carbonyl (C=O) groups is 1. The Morgan fingerprint density at radius 1 is 1.48 bits per heavy atom. The molecule has 1 aromatic heterocycles. The van der Waals surface area contributed by atoms with Crippen LogP contribution in [-0.4, -0.2) is 46.4 Å². The second-order valence-electron chi connectivity index (χ2n) is 6.36. The van der Waals surface area contributed by atoms with Crippen molar-refractivity contribution in [3.05, 3.63) is 29.6 Å². The average molecular weight is 314 g/mol. The molecular formula is C18H22N2O3. The maximum absolute atomic E-state index is 11.9. The molecule has 1 N–H and O–H groups in total. The number of amides is 1. The summed E-state index contributed by atoms with van der Waals surface area (Å²) in [5, 5.41) is 11.1. The lowest BCUT2D eigenvalue weighted by Gasteiger charge is -2.39. The molecule has 2 fully saturated rings. The van der Waals surface area contributed by atoms with Gasteiger partial charge < -0.3 is 14.7 Å². The highest BCUT2D eigenvalue weighted by atomic mass is 16.5. The Kier molecular flexibility index (Phi) is 4.27. The van der Waals surface area contributed by atoms with Gasteiger partial charge in [-0.15, -0.1) is 0 Å². The molecule has 122 valence electrons. The lowest BCUT2D eigenvalue weighted by Crippen LogP contribution is -2.49. The number of aromatic nitrogens is 1. The van der Waals surface area contributed by atoms with Gasteiger partial charge in [-0.05, 0) is 50.7 Å². The molecule has 3 rings (SSSR count). The first-order chi connectivity index (χ1) is 11.0. The average Bonchev–Trinajstić information content (AvgIpc) is 2.98. The van der Waals surface area contributed by atoms with E-state index in [9.17, 15) is 9.90 Å². The van der Waals surface area contributed by atoms with Crippen molar-refractivity contribution in [1.82, 2.24) is 9.88 Å². The van der Waals surface area contributed by atoms with Gasteiger partial charge in [-0.3, -0.25) is 0 Å². The second-order valence-corrected chi connectivity index (χ2v) is 6.36. The molecule has 1 aliphatic heterocycles. The van der Waals surface area contributed by atoms with Crippen LogP contribution < -0.4 is 0 Å². The minimum atomic E-state index is -1.06. The maximum atomic E-state index is 11.9. The number of rotatable bonds is 0. The van der Waals surface area contributed by atoms with Gasteiger partial charge >= 0.3 is 6.09 Å². The van der Waals surface area contributed by atoms with Crippen LogP contribution in [0.4, 0.5) is 4.79 Å². The number of aryl methyl sites for hydroxylation is 1. The summed E-state index contributed by atoms with van der Waals surface area (Å²) in [7, 11) is 1.40. The number of hydrogen-bond donors (Lipinski definition) is 1. The molecule has 5 nitrogen and oxygen atoms in total. The maximum Gasteiger partial charge on any atom is 0.409 e. The van der Waals surface area contributed by atoms with Crippen LogP contribution in [0.1, 0.15) is 37.1 Å². The minimum absolute atomic E-state index is 0.0148. The van der Waals surface area contributed by atoms with Gasteiger partial charge in [0.2, 0.25) is 0 Å². The fraction of sp³-hybridized carbons (Fsp3) is 0.556. The lowest BCUT2D eigenvalue weighted by molar-refractivity contribution is -0.0136. The molecule has 2 aliphatic rings. The number of nitrogens with zero attached hydrogens (tertiary/aromatic N) is 2. The molecular weight excluding hydrogens is 292 g/mol. The molecule has 1 saturated carbocycles. The van der Waals surface area contributed by atoms with Crippen LogP contribution in [-0.2, 0) is 4.74 Å². The predicted octanol–water partition coefficient (Wildman–Crippen LogP) is 2.11. The van der Waals surface area contributed by atoms with E-state index < -0.39 is 5.60 Å². The second kappa shape index (κ2) is 6.21. The van der Waals surface area contributed by atoms with Crippen molar-refractivity contribution in [2.24, 2.45) is 5.92 Å². The largest absolute Gasteiger partial charge is 0.453 e. The van der Waals surface area contributed by atoms with Crippen LogP contribution in [0, 0.1) is 24.7 Å². The summed E-state index contributed by atoms with van der Waals surface area (Å²) in [6.45, 7) is 2.54. The third-order valence-corrected chi connectivity index (χ3v) is 4.92. The first-order valence-electron chi connectivity index (χ1n) is 8.07. The lowest BCUT2D eigenvalue weighted by atomic mass is 9.73. The Bertz CT molecular complexity index is 664. The van der Waals surface area contributed by atoms with Crippen LogP contribution in [0.3, 0.4) is 0 Å². The Morgan fingerprint density at radius 2 is 2.30 bits per heavy atom. The Labute approximate surface area is 136 Å². The number of ether oxygens (including phenoxy) is 1. The predicted molar refractivity (Wildman–Crippen MR) is 85.7 cm³/mol. The van der Waals surface area contributed by atoms with Crippen molar-refractivity contribution >= 4 is 6.09 Å². The molecule has 2 heterocycles. The molecule has 1 aliphatic carbocycles. The molecule has 0 radical (unpaired) electrons. The van der Waals surface area contributed by atoms with Gasteiger partial charge in [-0.25, -0.2) is 9.78 Å². The number of pyridine rings is 1. The molecule has 23 heavy (non-hydrogen) atoms. The van der Waals surface area contributed by atoms with Gasteiger partial charge in [-0.2, -0.15) is 0 Å². The molecule has 5 heteroatoms. The van der Waals surface area contributed by atoms with Crippen LogP contribution >= 0.6 is 0 Å². The number of fused-ring (bicyclic) bond motifs is 1. The summed E-state index contributed by atoms with van der Waals surface area (Å²) in [4.78, 5) is 18.0. The molecule has 3 unspecified atom stereocenters. The van der Waals surface area contributed by atoms with Crippen molar-refractivity contribution in [3.8, 4) is 11.8 Å². The van der Waals surface area contributed by atoms with Gasteiger partial charge in [0.05, 0.1) is 7.11 Å². The highest BCUT2D eigenvalue weighted by molar-refractivity contribution is 5.68. The van der Waals surface area contributed by atoms with Crippen molar-refractivity contribution in [3.63, 3.8) is 0 Å². The Morgan fingerprint density at radius 3 is 3.04 bits per heavy atom. The molecule has 0 spiro atoms. The minimum Gasteiger partial charge on any atom is -0.453 e. The topological polar surface area (TPSA) is 62.7 Å². The smallest absolute Gasteiger partial charge is 0.409 e. The molecule has 1 saturated heterocycles. The van der Waals surface area contributed by atoms with Crippen LogP contribution in [0.5, 0.6) is 0 Å². The molecule has 3 atom stereocenters. The summed E-state index contributed by atoms with van der Waals surface area (Å²) < 4.78 is 4.85. The van der Waals surface area contributed by atoms with Gasteiger partial charge in [0.15, 0.2) is 0 Å². The highest BCUT2D eigenvalue weighted by Crippen LogP contribution is 2.42. The zero-order chi connectivity index (χ0) is 16.4. The van der Waals surface area contributed by atoms with Gasteiger partial charge in [0.25, 0.3) is 0 Å². The number of likely N-dealkylation sites (tertiary alicyclic amines) is 1. The van der Waals surface area contributed by atoms with E-state index in [0.717, 1.165) is 25.0 Å². The zero-order valence-corrected chi connectivity index (χ0v) is 13.6. The van der Waals surface area contributed by atoms with E-state index in [1.165, 1.54) is 7.11 Å². The van der Waals surface area contributed by atoms with Crippen molar-refractivity contribution < 1.29 is 14.6 Å².